The SMILES string of the molecule is COC(=O)CCC(C)CO[Si](C)(CO[Si](C)(C)C(C)(C)C)C(C)(C)C. The first kappa shape index (κ1) is 24.8. The Morgan fingerprint density at radius 3 is 1.88 bits per heavy atom. The summed E-state index contributed by atoms with van der Waals surface area (Å²) in [5, 5.41) is 0.297. The third kappa shape index (κ3) is 7.93. The minimum absolute atomic E-state index is 0.0947. The van der Waals surface area contributed by atoms with Crippen molar-refractivity contribution in [2.45, 2.75) is 91.0 Å². The fraction of sp³-hybridized carbons (Fsp3) is 0.947. The summed E-state index contributed by atoms with van der Waals surface area (Å²) in [6.45, 7) is 23.3. The van der Waals surface area contributed by atoms with Gasteiger partial charge in [-0.1, -0.05) is 48.5 Å². The molecule has 0 aromatic carbocycles. The summed E-state index contributed by atoms with van der Waals surface area (Å²) in [5.41, 5.74) is 0. The summed E-state index contributed by atoms with van der Waals surface area (Å²) < 4.78 is 17.8. The van der Waals surface area contributed by atoms with Crippen LogP contribution in [0.4, 0.5) is 0 Å². The van der Waals surface area contributed by atoms with Gasteiger partial charge in [-0.2, -0.15) is 0 Å². The van der Waals surface area contributed by atoms with Gasteiger partial charge in [-0.25, -0.2) is 0 Å². The molecule has 0 aliphatic rings. The van der Waals surface area contributed by atoms with Gasteiger partial charge in [0.2, 0.25) is 8.32 Å². The second-order valence-corrected chi connectivity index (χ2v) is 19.4. The van der Waals surface area contributed by atoms with Gasteiger partial charge in [-0.05, 0) is 42.1 Å². The highest BCUT2D eigenvalue weighted by Gasteiger charge is 2.46. The Bertz CT molecular complexity index is 424. The van der Waals surface area contributed by atoms with Gasteiger partial charge in [0.15, 0.2) is 8.32 Å². The normalized spacial score (nSPS) is 17.1. The number of rotatable bonds is 9. The molecule has 0 radical (unpaired) electrons. The molecule has 0 saturated heterocycles. The molecule has 0 amide bonds. The zero-order chi connectivity index (χ0) is 20.1. The van der Waals surface area contributed by atoms with Crippen LogP contribution in [0.3, 0.4) is 0 Å². The molecule has 0 aromatic rings. The standard InChI is InChI=1S/C19H42O4Si2/c1-16(12-13-17(20)21-8)14-22-25(11,19(5,6)7)15-23-24(9,10)18(2,3)4/h16H,12-15H2,1-11H3. The maximum atomic E-state index is 11.3. The van der Waals surface area contributed by atoms with Crippen molar-refractivity contribution in [3.63, 3.8) is 0 Å². The molecule has 2 atom stereocenters. The second kappa shape index (κ2) is 9.15. The highest BCUT2D eigenvalue weighted by Crippen LogP contribution is 2.41. The predicted octanol–water partition coefficient (Wildman–Crippen LogP) is 5.53. The molecule has 2 unspecified atom stereocenters. The minimum Gasteiger partial charge on any atom is -0.469 e. The van der Waals surface area contributed by atoms with E-state index < -0.39 is 16.6 Å². The summed E-state index contributed by atoms with van der Waals surface area (Å²) in [7, 11) is -2.43. The van der Waals surface area contributed by atoms with Crippen LogP contribution in [-0.4, -0.2) is 42.6 Å². The lowest BCUT2D eigenvalue weighted by Gasteiger charge is -2.44. The fourth-order valence-electron chi connectivity index (χ4n) is 1.89. The highest BCUT2D eigenvalue weighted by molar-refractivity contribution is 6.78. The molecule has 6 heteroatoms. The predicted molar refractivity (Wildman–Crippen MR) is 111 cm³/mol. The first-order valence-corrected chi connectivity index (χ1v) is 14.9. The van der Waals surface area contributed by atoms with Gasteiger partial charge < -0.3 is 13.6 Å². The molecule has 0 bridgehead atoms. The molecule has 0 heterocycles. The van der Waals surface area contributed by atoms with E-state index in [0.717, 1.165) is 12.7 Å². The topological polar surface area (TPSA) is 44.8 Å². The van der Waals surface area contributed by atoms with Crippen molar-refractivity contribution in [3.8, 4) is 0 Å². The number of carbonyl (C=O) groups is 1. The van der Waals surface area contributed by atoms with E-state index in [4.69, 9.17) is 13.6 Å². The second-order valence-electron chi connectivity index (χ2n) is 10.1. The molecule has 0 N–H and O–H groups in total. The van der Waals surface area contributed by atoms with Crippen molar-refractivity contribution < 1.29 is 18.4 Å². The van der Waals surface area contributed by atoms with Crippen molar-refractivity contribution in [2.24, 2.45) is 5.92 Å². The Morgan fingerprint density at radius 2 is 1.48 bits per heavy atom. The largest absolute Gasteiger partial charge is 0.469 e. The first-order chi connectivity index (χ1) is 11.1. The quantitative estimate of drug-likeness (QED) is 0.383. The summed E-state index contributed by atoms with van der Waals surface area (Å²) in [5.74, 6) is 0.185. The third-order valence-electron chi connectivity index (χ3n) is 5.86. The number of hydrogen-bond acceptors (Lipinski definition) is 4. The van der Waals surface area contributed by atoms with Crippen LogP contribution in [0.25, 0.3) is 0 Å². The Labute approximate surface area is 158 Å². The maximum absolute atomic E-state index is 11.3. The molecule has 0 saturated carbocycles. The van der Waals surface area contributed by atoms with Crippen LogP contribution in [0.1, 0.15) is 61.3 Å². The van der Waals surface area contributed by atoms with E-state index in [1.807, 2.05) is 0 Å². The first-order valence-electron chi connectivity index (χ1n) is 9.40. The van der Waals surface area contributed by atoms with Crippen LogP contribution in [0.2, 0.25) is 29.7 Å². The van der Waals surface area contributed by atoms with E-state index in [-0.39, 0.29) is 16.0 Å². The molecular weight excluding hydrogens is 348 g/mol. The number of methoxy groups -OCH3 is 1. The zero-order valence-corrected chi connectivity index (χ0v) is 20.5. The summed E-state index contributed by atoms with van der Waals surface area (Å²) in [6, 6.07) is 0. The van der Waals surface area contributed by atoms with E-state index in [1.54, 1.807) is 0 Å². The van der Waals surface area contributed by atoms with Crippen LogP contribution < -0.4 is 0 Å². The van der Waals surface area contributed by atoms with E-state index in [0.29, 0.717) is 18.9 Å². The molecule has 0 aromatic heterocycles. The average Bonchev–Trinajstić information content (AvgIpc) is 2.46. The highest BCUT2D eigenvalue weighted by atomic mass is 28.4. The number of esters is 1. The lowest BCUT2D eigenvalue weighted by molar-refractivity contribution is -0.140. The minimum atomic E-state index is -2.07. The van der Waals surface area contributed by atoms with Gasteiger partial charge >= 0.3 is 5.97 Å². The van der Waals surface area contributed by atoms with Crippen LogP contribution in [-0.2, 0) is 18.4 Å². The smallest absolute Gasteiger partial charge is 0.305 e. The van der Waals surface area contributed by atoms with E-state index >= 15 is 0 Å². The molecule has 25 heavy (non-hydrogen) atoms. The van der Waals surface area contributed by atoms with Crippen molar-refractivity contribution in [2.75, 3.05) is 19.9 Å². The summed E-state index contributed by atoms with van der Waals surface area (Å²) in [6.07, 6.45) is 1.98. The number of hydrogen-bond donors (Lipinski definition) is 0. The van der Waals surface area contributed by atoms with Crippen molar-refractivity contribution in [1.82, 2.24) is 0 Å². The van der Waals surface area contributed by atoms with Crippen molar-refractivity contribution in [1.29, 1.82) is 0 Å². The average molecular weight is 391 g/mol. The molecule has 0 fully saturated rings. The molecular formula is C19H42O4Si2. The Hall–Kier alpha value is -0.176. The fourth-order valence-corrected chi connectivity index (χ4v) is 6.46. The van der Waals surface area contributed by atoms with E-state index in [1.165, 1.54) is 7.11 Å². The maximum Gasteiger partial charge on any atom is 0.305 e. The Balaban J connectivity index is 4.87. The van der Waals surface area contributed by atoms with Crippen LogP contribution in [0, 0.1) is 5.92 Å². The van der Waals surface area contributed by atoms with Gasteiger partial charge in [0.05, 0.1) is 13.3 Å². The zero-order valence-electron chi connectivity index (χ0n) is 18.5. The number of carbonyl (C=O) groups excluding carboxylic acids is 1. The molecule has 0 rings (SSSR count). The lowest BCUT2D eigenvalue weighted by Crippen LogP contribution is -2.54. The van der Waals surface area contributed by atoms with Gasteiger partial charge in [-0.15, -0.1) is 0 Å². The molecule has 0 spiro atoms. The van der Waals surface area contributed by atoms with Gasteiger partial charge in [0, 0.05) is 13.0 Å². The van der Waals surface area contributed by atoms with E-state index in [9.17, 15) is 4.79 Å². The third-order valence-corrected chi connectivity index (χ3v) is 15.3. The van der Waals surface area contributed by atoms with Gasteiger partial charge in [-0.3, -0.25) is 4.79 Å². The summed E-state index contributed by atoms with van der Waals surface area (Å²) >= 11 is 0. The Morgan fingerprint density at radius 1 is 0.960 bits per heavy atom. The molecule has 0 aliphatic carbocycles. The van der Waals surface area contributed by atoms with Crippen LogP contribution in [0.15, 0.2) is 0 Å². The van der Waals surface area contributed by atoms with Gasteiger partial charge in [0.1, 0.15) is 0 Å². The monoisotopic (exact) mass is 390 g/mol. The van der Waals surface area contributed by atoms with Crippen molar-refractivity contribution >= 4 is 22.6 Å². The van der Waals surface area contributed by atoms with Crippen molar-refractivity contribution in [3.05, 3.63) is 0 Å². The number of ether oxygens (including phenoxy) is 1. The molecule has 0 aliphatic heterocycles. The van der Waals surface area contributed by atoms with E-state index in [2.05, 4.69) is 68.1 Å². The summed E-state index contributed by atoms with van der Waals surface area (Å²) in [4.78, 5) is 11.3. The van der Waals surface area contributed by atoms with Crippen LogP contribution >= 0.6 is 0 Å². The molecule has 4 nitrogen and oxygen atoms in total. The van der Waals surface area contributed by atoms with Crippen LogP contribution in [0.5, 0.6) is 0 Å². The Kier molecular flexibility index (Phi) is 9.09. The molecule has 150 valence electrons. The van der Waals surface area contributed by atoms with Gasteiger partial charge in [0.25, 0.3) is 0 Å². The lowest BCUT2D eigenvalue weighted by atomic mass is 10.1.